The Labute approximate surface area is 89.0 Å². The fraction of sp³-hybridized carbons (Fsp3) is 0.364. The molecule has 0 aliphatic carbocycles. The lowest BCUT2D eigenvalue weighted by Gasteiger charge is -2.17. The molecule has 2 aromatic rings. The molecule has 0 fully saturated rings. The minimum Gasteiger partial charge on any atom is -0.264 e. The lowest BCUT2D eigenvalue weighted by Crippen LogP contribution is -2.22. The summed E-state index contributed by atoms with van der Waals surface area (Å²) in [5.41, 5.74) is 1.82. The van der Waals surface area contributed by atoms with Crippen molar-refractivity contribution in [3.63, 3.8) is 0 Å². The van der Waals surface area contributed by atoms with Gasteiger partial charge in [-0.2, -0.15) is 0 Å². The molecule has 0 bridgehead atoms. The summed E-state index contributed by atoms with van der Waals surface area (Å²) in [7, 11) is 0. The van der Waals surface area contributed by atoms with Gasteiger partial charge in [0.2, 0.25) is 0 Å². The molecule has 0 radical (unpaired) electrons. The molecule has 4 heteroatoms. The molecule has 0 saturated carbocycles. The molecular weight excluding hydrogens is 188 g/mol. The monoisotopic (exact) mass is 202 g/mol. The largest absolute Gasteiger partial charge is 0.264 e. The summed E-state index contributed by atoms with van der Waals surface area (Å²) in [5.74, 6) is 0. The van der Waals surface area contributed by atoms with Gasteiger partial charge in [0.05, 0.1) is 11.7 Å². The lowest BCUT2D eigenvalue weighted by atomic mass is 10.1. The Morgan fingerprint density at radius 3 is 2.60 bits per heavy atom. The third-order valence-corrected chi connectivity index (χ3v) is 2.14. The maximum atomic E-state index is 4.13. The van der Waals surface area contributed by atoms with Crippen molar-refractivity contribution in [3.8, 4) is 11.3 Å². The highest BCUT2D eigenvalue weighted by atomic mass is 15.4. The molecular formula is C11H14N4. The van der Waals surface area contributed by atoms with E-state index in [-0.39, 0.29) is 5.54 Å². The number of aromatic nitrogens is 4. The van der Waals surface area contributed by atoms with E-state index in [0.29, 0.717) is 0 Å². The third-order valence-electron chi connectivity index (χ3n) is 2.14. The Balaban J connectivity index is 2.37. The maximum absolute atomic E-state index is 4.13. The lowest BCUT2D eigenvalue weighted by molar-refractivity contribution is 0.347. The number of hydrogen-bond acceptors (Lipinski definition) is 3. The highest BCUT2D eigenvalue weighted by molar-refractivity contribution is 5.55. The molecule has 2 heterocycles. The Hall–Kier alpha value is -1.71. The SMILES string of the molecule is CC(C)(C)n1cc(-c2cccnc2)nn1. The van der Waals surface area contributed by atoms with Gasteiger partial charge in [-0.15, -0.1) is 5.10 Å². The average molecular weight is 202 g/mol. The molecule has 78 valence electrons. The van der Waals surface area contributed by atoms with Crippen molar-refractivity contribution >= 4 is 0 Å². The second-order valence-electron chi connectivity index (χ2n) is 4.46. The van der Waals surface area contributed by atoms with Crippen LogP contribution < -0.4 is 0 Å². The molecule has 0 saturated heterocycles. The maximum Gasteiger partial charge on any atom is 0.114 e. The van der Waals surface area contributed by atoms with Gasteiger partial charge in [-0.1, -0.05) is 5.21 Å². The van der Waals surface area contributed by atoms with Crippen LogP contribution in [0.15, 0.2) is 30.7 Å². The predicted molar refractivity (Wildman–Crippen MR) is 58.2 cm³/mol. The van der Waals surface area contributed by atoms with Gasteiger partial charge in [0.1, 0.15) is 5.69 Å². The van der Waals surface area contributed by atoms with Gasteiger partial charge in [-0.3, -0.25) is 4.98 Å². The minimum absolute atomic E-state index is 0.0343. The van der Waals surface area contributed by atoms with Crippen molar-refractivity contribution in [2.24, 2.45) is 0 Å². The third kappa shape index (κ3) is 2.03. The van der Waals surface area contributed by atoms with Crippen LogP contribution in [0.2, 0.25) is 0 Å². The van der Waals surface area contributed by atoms with Crippen LogP contribution in [0.3, 0.4) is 0 Å². The van der Waals surface area contributed by atoms with E-state index in [9.17, 15) is 0 Å². The summed E-state index contributed by atoms with van der Waals surface area (Å²) in [6.07, 6.45) is 5.48. The number of pyridine rings is 1. The number of rotatable bonds is 1. The van der Waals surface area contributed by atoms with E-state index in [1.807, 2.05) is 23.0 Å². The molecule has 4 nitrogen and oxygen atoms in total. The van der Waals surface area contributed by atoms with E-state index in [2.05, 4.69) is 36.1 Å². The summed E-state index contributed by atoms with van der Waals surface area (Å²) in [6, 6.07) is 3.87. The quantitative estimate of drug-likeness (QED) is 0.711. The molecule has 0 N–H and O–H groups in total. The predicted octanol–water partition coefficient (Wildman–Crippen LogP) is 2.10. The number of hydrogen-bond donors (Lipinski definition) is 0. The first kappa shape index (κ1) is 9.83. The Morgan fingerprint density at radius 2 is 2.07 bits per heavy atom. The highest BCUT2D eigenvalue weighted by Crippen LogP contribution is 2.18. The minimum atomic E-state index is -0.0343. The molecule has 0 aromatic carbocycles. The van der Waals surface area contributed by atoms with Crippen LogP contribution in [-0.2, 0) is 5.54 Å². The van der Waals surface area contributed by atoms with Crippen molar-refractivity contribution < 1.29 is 0 Å². The van der Waals surface area contributed by atoms with Crippen LogP contribution in [0.1, 0.15) is 20.8 Å². The average Bonchev–Trinajstić information content (AvgIpc) is 2.67. The van der Waals surface area contributed by atoms with Gasteiger partial charge in [0, 0.05) is 18.0 Å². The summed E-state index contributed by atoms with van der Waals surface area (Å²) < 4.78 is 1.86. The Morgan fingerprint density at radius 1 is 1.27 bits per heavy atom. The van der Waals surface area contributed by atoms with E-state index in [4.69, 9.17) is 0 Å². The zero-order valence-electron chi connectivity index (χ0n) is 9.18. The van der Waals surface area contributed by atoms with Gasteiger partial charge < -0.3 is 0 Å². The van der Waals surface area contributed by atoms with E-state index in [1.165, 1.54) is 0 Å². The van der Waals surface area contributed by atoms with Crippen molar-refractivity contribution in [2.45, 2.75) is 26.3 Å². The molecule has 2 rings (SSSR count). The van der Waals surface area contributed by atoms with Gasteiger partial charge in [0.25, 0.3) is 0 Å². The van der Waals surface area contributed by atoms with Crippen LogP contribution in [-0.4, -0.2) is 20.0 Å². The molecule has 0 aliphatic heterocycles. The second-order valence-corrected chi connectivity index (χ2v) is 4.46. The first-order valence-electron chi connectivity index (χ1n) is 4.90. The summed E-state index contributed by atoms with van der Waals surface area (Å²) in [6.45, 7) is 6.28. The van der Waals surface area contributed by atoms with Crippen LogP contribution >= 0.6 is 0 Å². The zero-order chi connectivity index (χ0) is 10.9. The smallest absolute Gasteiger partial charge is 0.114 e. The Bertz CT molecular complexity index is 439. The normalized spacial score (nSPS) is 11.7. The molecule has 0 atom stereocenters. The fourth-order valence-corrected chi connectivity index (χ4v) is 1.24. The van der Waals surface area contributed by atoms with Crippen LogP contribution in [0.5, 0.6) is 0 Å². The van der Waals surface area contributed by atoms with Crippen LogP contribution in [0, 0.1) is 0 Å². The van der Waals surface area contributed by atoms with Crippen LogP contribution in [0.4, 0.5) is 0 Å². The van der Waals surface area contributed by atoms with Crippen LogP contribution in [0.25, 0.3) is 11.3 Å². The summed E-state index contributed by atoms with van der Waals surface area (Å²) in [4.78, 5) is 4.06. The van der Waals surface area contributed by atoms with Crippen molar-refractivity contribution in [1.29, 1.82) is 0 Å². The van der Waals surface area contributed by atoms with Gasteiger partial charge in [0.15, 0.2) is 0 Å². The molecule has 15 heavy (non-hydrogen) atoms. The second kappa shape index (κ2) is 3.46. The van der Waals surface area contributed by atoms with Gasteiger partial charge in [-0.05, 0) is 32.9 Å². The van der Waals surface area contributed by atoms with Crippen molar-refractivity contribution in [1.82, 2.24) is 20.0 Å². The summed E-state index contributed by atoms with van der Waals surface area (Å²) >= 11 is 0. The van der Waals surface area contributed by atoms with Crippen molar-refractivity contribution in [2.75, 3.05) is 0 Å². The molecule has 0 aliphatic rings. The highest BCUT2D eigenvalue weighted by Gasteiger charge is 2.15. The molecule has 0 unspecified atom stereocenters. The van der Waals surface area contributed by atoms with E-state index >= 15 is 0 Å². The number of nitrogens with zero attached hydrogens (tertiary/aromatic N) is 4. The van der Waals surface area contributed by atoms with E-state index in [0.717, 1.165) is 11.3 Å². The molecule has 0 amide bonds. The van der Waals surface area contributed by atoms with E-state index < -0.39 is 0 Å². The Kier molecular flexibility index (Phi) is 2.26. The zero-order valence-corrected chi connectivity index (χ0v) is 9.18. The summed E-state index contributed by atoms with van der Waals surface area (Å²) in [5, 5.41) is 8.23. The molecule has 0 spiro atoms. The van der Waals surface area contributed by atoms with Gasteiger partial charge >= 0.3 is 0 Å². The van der Waals surface area contributed by atoms with Crippen molar-refractivity contribution in [3.05, 3.63) is 30.7 Å². The first-order valence-corrected chi connectivity index (χ1v) is 4.90. The van der Waals surface area contributed by atoms with Gasteiger partial charge in [-0.25, -0.2) is 4.68 Å². The topological polar surface area (TPSA) is 43.6 Å². The first-order chi connectivity index (χ1) is 7.07. The van der Waals surface area contributed by atoms with E-state index in [1.54, 1.807) is 12.4 Å². The standard InChI is InChI=1S/C11H14N4/c1-11(2,3)15-8-10(13-14-15)9-5-4-6-12-7-9/h4-8H,1-3H3. The fourth-order valence-electron chi connectivity index (χ4n) is 1.24. The molecule has 2 aromatic heterocycles.